The van der Waals surface area contributed by atoms with Crippen LogP contribution in [0.25, 0.3) is 0 Å². The van der Waals surface area contributed by atoms with Gasteiger partial charge in [-0.15, -0.1) is 0 Å². The molecule has 0 aliphatic carbocycles. The van der Waals surface area contributed by atoms with Gasteiger partial charge in [0.1, 0.15) is 6.54 Å². The number of carboxylic acids is 1. The van der Waals surface area contributed by atoms with Crippen LogP contribution in [0.1, 0.15) is 5.56 Å². The molecule has 0 fully saturated rings. The number of nitrogens with zero attached hydrogens (tertiary/aromatic N) is 1. The van der Waals surface area contributed by atoms with Gasteiger partial charge in [0.2, 0.25) is 5.91 Å². The minimum absolute atomic E-state index is 0.225. The topological polar surface area (TPSA) is 57.6 Å². The van der Waals surface area contributed by atoms with Crippen LogP contribution in [0, 0.1) is 5.92 Å². The zero-order chi connectivity index (χ0) is 16.7. The van der Waals surface area contributed by atoms with E-state index in [4.69, 9.17) is 5.11 Å². The Balaban J connectivity index is 2.22. The van der Waals surface area contributed by atoms with Crippen LogP contribution in [-0.2, 0) is 16.0 Å². The molecule has 0 aliphatic rings. The molecule has 0 spiro atoms. The Labute approximate surface area is 141 Å². The van der Waals surface area contributed by atoms with Crippen molar-refractivity contribution in [3.8, 4) is 0 Å². The molecule has 1 unspecified atom stereocenters. The molecule has 2 aromatic rings. The quantitative estimate of drug-likeness (QED) is 0.768. The molecule has 120 valence electrons. The summed E-state index contributed by atoms with van der Waals surface area (Å²) < 4.78 is 0. The van der Waals surface area contributed by atoms with Crippen molar-refractivity contribution in [2.75, 3.05) is 17.2 Å². The molecule has 0 heterocycles. The summed E-state index contributed by atoms with van der Waals surface area (Å²) in [5.74, 6) is -1.28. The molecular formula is C18H19NO3S. The summed E-state index contributed by atoms with van der Waals surface area (Å²) in [6.45, 7) is -0.359. The number of carbonyl (C=O) groups is 2. The van der Waals surface area contributed by atoms with Gasteiger partial charge in [0.15, 0.2) is 0 Å². The summed E-state index contributed by atoms with van der Waals surface area (Å²) in [5.41, 5.74) is 1.61. The Morgan fingerprint density at radius 1 is 1.00 bits per heavy atom. The molecule has 0 aromatic heterocycles. The molecule has 1 atom stereocenters. The van der Waals surface area contributed by atoms with Crippen molar-refractivity contribution in [1.29, 1.82) is 0 Å². The number of rotatable bonds is 7. The molecule has 0 saturated carbocycles. The summed E-state index contributed by atoms with van der Waals surface area (Å²) >= 11 is 4.29. The first-order valence-electron chi connectivity index (χ1n) is 7.35. The summed E-state index contributed by atoms with van der Waals surface area (Å²) in [5, 5.41) is 9.13. The van der Waals surface area contributed by atoms with Gasteiger partial charge in [-0.05, 0) is 24.1 Å². The van der Waals surface area contributed by atoms with Crippen molar-refractivity contribution in [2.24, 2.45) is 5.92 Å². The van der Waals surface area contributed by atoms with E-state index in [0.29, 0.717) is 17.9 Å². The Hall–Kier alpha value is -2.27. The van der Waals surface area contributed by atoms with Gasteiger partial charge in [0.05, 0.1) is 5.92 Å². The smallest absolute Gasteiger partial charge is 0.323 e. The number of para-hydroxylation sites is 1. The molecule has 23 heavy (non-hydrogen) atoms. The van der Waals surface area contributed by atoms with Crippen molar-refractivity contribution in [3.63, 3.8) is 0 Å². The highest BCUT2D eigenvalue weighted by molar-refractivity contribution is 7.80. The molecule has 4 nitrogen and oxygen atoms in total. The van der Waals surface area contributed by atoms with Gasteiger partial charge in [0, 0.05) is 11.4 Å². The third-order valence-corrected chi connectivity index (χ3v) is 3.96. The highest BCUT2D eigenvalue weighted by atomic mass is 32.1. The van der Waals surface area contributed by atoms with E-state index in [1.54, 1.807) is 24.3 Å². The zero-order valence-corrected chi connectivity index (χ0v) is 13.5. The highest BCUT2D eigenvalue weighted by Gasteiger charge is 2.26. The molecular weight excluding hydrogens is 310 g/mol. The summed E-state index contributed by atoms with van der Waals surface area (Å²) in [6.07, 6.45) is 0.534. The normalized spacial score (nSPS) is 11.7. The van der Waals surface area contributed by atoms with Crippen molar-refractivity contribution in [3.05, 3.63) is 66.2 Å². The zero-order valence-electron chi connectivity index (χ0n) is 12.6. The van der Waals surface area contributed by atoms with E-state index in [1.165, 1.54) is 4.90 Å². The van der Waals surface area contributed by atoms with Crippen LogP contribution >= 0.6 is 12.6 Å². The van der Waals surface area contributed by atoms with Crippen LogP contribution in [0.3, 0.4) is 0 Å². The van der Waals surface area contributed by atoms with Gasteiger partial charge >= 0.3 is 5.97 Å². The first-order valence-corrected chi connectivity index (χ1v) is 7.98. The standard InChI is InChI=1S/C18H19NO3S/c20-17(21)12-19(16-9-5-2-6-10-16)18(22)15(13-23)11-14-7-3-1-4-8-14/h1-10,15,23H,11-13H2,(H,20,21). The third-order valence-electron chi connectivity index (χ3n) is 3.52. The van der Waals surface area contributed by atoms with E-state index in [0.717, 1.165) is 5.56 Å². The predicted octanol–water partition coefficient (Wildman–Crippen LogP) is 2.89. The van der Waals surface area contributed by atoms with Gasteiger partial charge in [-0.25, -0.2) is 0 Å². The van der Waals surface area contributed by atoms with Crippen LogP contribution in [-0.4, -0.2) is 29.3 Å². The second-order valence-corrected chi connectivity index (χ2v) is 5.59. The fraction of sp³-hybridized carbons (Fsp3) is 0.222. The van der Waals surface area contributed by atoms with E-state index >= 15 is 0 Å². The van der Waals surface area contributed by atoms with Gasteiger partial charge in [-0.2, -0.15) is 12.6 Å². The monoisotopic (exact) mass is 329 g/mol. The van der Waals surface area contributed by atoms with E-state index in [-0.39, 0.29) is 18.4 Å². The lowest BCUT2D eigenvalue weighted by atomic mass is 9.99. The minimum atomic E-state index is -1.04. The highest BCUT2D eigenvalue weighted by Crippen LogP contribution is 2.19. The molecule has 1 N–H and O–H groups in total. The fourth-order valence-corrected chi connectivity index (χ4v) is 2.67. The van der Waals surface area contributed by atoms with E-state index in [2.05, 4.69) is 12.6 Å². The predicted molar refractivity (Wildman–Crippen MR) is 93.9 cm³/mol. The SMILES string of the molecule is O=C(O)CN(C(=O)C(CS)Cc1ccccc1)c1ccccc1. The second-order valence-electron chi connectivity index (χ2n) is 5.22. The first kappa shape index (κ1) is 17.1. The van der Waals surface area contributed by atoms with Crippen molar-refractivity contribution < 1.29 is 14.7 Å². The lowest BCUT2D eigenvalue weighted by Gasteiger charge is -2.25. The number of anilines is 1. The third kappa shape index (κ3) is 4.86. The number of benzene rings is 2. The summed E-state index contributed by atoms with van der Waals surface area (Å²) in [6, 6.07) is 18.5. The average Bonchev–Trinajstić information content (AvgIpc) is 2.58. The average molecular weight is 329 g/mol. The Morgan fingerprint density at radius 3 is 2.09 bits per heavy atom. The maximum absolute atomic E-state index is 12.8. The molecule has 2 aromatic carbocycles. The van der Waals surface area contributed by atoms with Crippen LogP contribution in [0.5, 0.6) is 0 Å². The van der Waals surface area contributed by atoms with E-state index in [9.17, 15) is 9.59 Å². The number of amides is 1. The number of hydrogen-bond acceptors (Lipinski definition) is 3. The lowest BCUT2D eigenvalue weighted by molar-refractivity contribution is -0.137. The van der Waals surface area contributed by atoms with Gasteiger partial charge < -0.3 is 10.0 Å². The van der Waals surface area contributed by atoms with E-state index < -0.39 is 5.97 Å². The fourth-order valence-electron chi connectivity index (χ4n) is 2.39. The molecule has 5 heteroatoms. The van der Waals surface area contributed by atoms with Gasteiger partial charge in [-0.3, -0.25) is 9.59 Å². The summed E-state index contributed by atoms with van der Waals surface area (Å²) in [4.78, 5) is 25.3. The lowest BCUT2D eigenvalue weighted by Crippen LogP contribution is -2.41. The van der Waals surface area contributed by atoms with Gasteiger partial charge in [0.25, 0.3) is 0 Å². The largest absolute Gasteiger partial charge is 0.480 e. The Bertz CT molecular complexity index is 646. The second kappa shape index (κ2) is 8.39. The van der Waals surface area contributed by atoms with Crippen LogP contribution in [0.15, 0.2) is 60.7 Å². The maximum atomic E-state index is 12.8. The minimum Gasteiger partial charge on any atom is -0.480 e. The number of carboxylic acid groups (broad SMARTS) is 1. The Kier molecular flexibility index (Phi) is 6.23. The number of thiol groups is 1. The number of hydrogen-bond donors (Lipinski definition) is 2. The number of carbonyl (C=O) groups excluding carboxylic acids is 1. The van der Waals surface area contributed by atoms with E-state index in [1.807, 2.05) is 36.4 Å². The van der Waals surface area contributed by atoms with Crippen LogP contribution in [0.4, 0.5) is 5.69 Å². The molecule has 0 aliphatic heterocycles. The summed E-state index contributed by atoms with van der Waals surface area (Å²) in [7, 11) is 0. The molecule has 0 bridgehead atoms. The number of aliphatic carboxylic acids is 1. The maximum Gasteiger partial charge on any atom is 0.323 e. The van der Waals surface area contributed by atoms with Crippen LogP contribution < -0.4 is 4.90 Å². The molecule has 1 amide bonds. The first-order chi connectivity index (χ1) is 11.1. The molecule has 2 rings (SSSR count). The Morgan fingerprint density at radius 2 is 1.57 bits per heavy atom. The van der Waals surface area contributed by atoms with Gasteiger partial charge in [-0.1, -0.05) is 48.5 Å². The van der Waals surface area contributed by atoms with Crippen molar-refractivity contribution >= 4 is 30.2 Å². The van der Waals surface area contributed by atoms with Crippen molar-refractivity contribution in [1.82, 2.24) is 0 Å². The van der Waals surface area contributed by atoms with Crippen LogP contribution in [0.2, 0.25) is 0 Å². The molecule has 0 radical (unpaired) electrons. The van der Waals surface area contributed by atoms with Crippen molar-refractivity contribution in [2.45, 2.75) is 6.42 Å². The molecule has 0 saturated heterocycles.